The molecule has 1 fully saturated rings. The largest absolute Gasteiger partial charge is 0.381 e. The summed E-state index contributed by atoms with van der Waals surface area (Å²) in [5, 5.41) is 7.28. The van der Waals surface area contributed by atoms with E-state index >= 15 is 0 Å². The highest BCUT2D eigenvalue weighted by molar-refractivity contribution is 6.04. The Morgan fingerprint density at radius 1 is 1.22 bits per heavy atom. The van der Waals surface area contributed by atoms with Crippen LogP contribution in [0.4, 0.5) is 5.69 Å². The van der Waals surface area contributed by atoms with Gasteiger partial charge in [0.1, 0.15) is 0 Å². The summed E-state index contributed by atoms with van der Waals surface area (Å²) in [4.78, 5) is 16.5. The van der Waals surface area contributed by atoms with Crippen molar-refractivity contribution in [3.8, 4) is 0 Å². The number of hydrogen-bond acceptors (Lipinski definition) is 4. The molecule has 0 spiro atoms. The fourth-order valence-electron chi connectivity index (χ4n) is 3.28. The average molecular weight is 365 g/mol. The van der Waals surface area contributed by atoms with Gasteiger partial charge in [-0.2, -0.15) is 5.10 Å². The van der Waals surface area contributed by atoms with Crippen LogP contribution in [0.1, 0.15) is 28.8 Å². The Bertz CT molecular complexity index is 864. The SMILES string of the molecule is O=C(Nc1cnn(CC2CCOCC2)c1)c1ccc(Cn2ccnc2)cc1. The van der Waals surface area contributed by atoms with Crippen LogP contribution in [-0.4, -0.2) is 38.5 Å². The number of hydrogen-bond donors (Lipinski definition) is 1. The number of ether oxygens (including phenoxy) is 1. The molecule has 2 aromatic heterocycles. The molecule has 1 saturated heterocycles. The first kappa shape index (κ1) is 17.5. The van der Waals surface area contributed by atoms with Gasteiger partial charge in [0, 0.05) is 50.5 Å². The Labute approximate surface area is 158 Å². The van der Waals surface area contributed by atoms with Crippen LogP contribution in [-0.2, 0) is 17.8 Å². The third kappa shape index (κ3) is 4.62. The first-order valence-corrected chi connectivity index (χ1v) is 9.22. The van der Waals surface area contributed by atoms with Crippen LogP contribution in [0.5, 0.6) is 0 Å². The van der Waals surface area contributed by atoms with Gasteiger partial charge in [-0.05, 0) is 36.5 Å². The number of benzene rings is 1. The van der Waals surface area contributed by atoms with Crippen molar-refractivity contribution < 1.29 is 9.53 Å². The van der Waals surface area contributed by atoms with Crippen molar-refractivity contribution >= 4 is 11.6 Å². The molecule has 3 heterocycles. The molecule has 0 unspecified atom stereocenters. The summed E-state index contributed by atoms with van der Waals surface area (Å²) >= 11 is 0. The third-order valence-electron chi connectivity index (χ3n) is 4.82. The Kier molecular flexibility index (Phi) is 5.29. The number of amides is 1. The third-order valence-corrected chi connectivity index (χ3v) is 4.82. The standard InChI is InChI=1S/C20H23N5O2/c26-20(18-3-1-16(2-4-18)12-24-8-7-21-15-24)23-19-11-22-25(14-19)13-17-5-9-27-10-6-17/h1-4,7-8,11,14-15,17H,5-6,9-10,12-13H2,(H,23,26). The van der Waals surface area contributed by atoms with E-state index in [1.54, 1.807) is 18.7 Å². The van der Waals surface area contributed by atoms with Gasteiger partial charge in [-0.1, -0.05) is 12.1 Å². The molecular weight excluding hydrogens is 342 g/mol. The number of carbonyl (C=O) groups is 1. The summed E-state index contributed by atoms with van der Waals surface area (Å²) in [5.41, 5.74) is 2.46. The van der Waals surface area contributed by atoms with Crippen LogP contribution in [0, 0.1) is 5.92 Å². The zero-order valence-corrected chi connectivity index (χ0v) is 15.1. The summed E-state index contributed by atoms with van der Waals surface area (Å²) in [6, 6.07) is 7.61. The van der Waals surface area contributed by atoms with E-state index in [1.807, 2.05) is 45.9 Å². The average Bonchev–Trinajstić information content (AvgIpc) is 3.35. The minimum Gasteiger partial charge on any atom is -0.381 e. The zero-order valence-electron chi connectivity index (χ0n) is 15.1. The molecule has 1 aliphatic heterocycles. The molecular formula is C20H23N5O2. The van der Waals surface area contributed by atoms with Crippen molar-refractivity contribution in [3.63, 3.8) is 0 Å². The van der Waals surface area contributed by atoms with Gasteiger partial charge in [-0.25, -0.2) is 4.98 Å². The minimum atomic E-state index is -0.130. The molecule has 3 aromatic rings. The van der Waals surface area contributed by atoms with Crippen molar-refractivity contribution in [1.29, 1.82) is 0 Å². The molecule has 7 nitrogen and oxygen atoms in total. The highest BCUT2D eigenvalue weighted by Gasteiger charge is 2.15. The van der Waals surface area contributed by atoms with Gasteiger partial charge in [0.05, 0.1) is 18.2 Å². The Morgan fingerprint density at radius 3 is 2.78 bits per heavy atom. The second-order valence-corrected chi connectivity index (χ2v) is 6.89. The molecule has 1 aromatic carbocycles. The fourth-order valence-corrected chi connectivity index (χ4v) is 3.28. The predicted molar refractivity (Wildman–Crippen MR) is 101 cm³/mol. The van der Waals surface area contributed by atoms with E-state index in [-0.39, 0.29) is 5.91 Å². The lowest BCUT2D eigenvalue weighted by Crippen LogP contribution is -2.20. The molecule has 0 atom stereocenters. The van der Waals surface area contributed by atoms with Gasteiger partial charge < -0.3 is 14.6 Å². The van der Waals surface area contributed by atoms with Crippen molar-refractivity contribution in [2.75, 3.05) is 18.5 Å². The number of rotatable bonds is 6. The molecule has 0 radical (unpaired) electrons. The molecule has 7 heteroatoms. The van der Waals surface area contributed by atoms with Crippen molar-refractivity contribution in [3.05, 3.63) is 66.5 Å². The number of nitrogens with one attached hydrogen (secondary N) is 1. The van der Waals surface area contributed by atoms with Gasteiger partial charge in [0.15, 0.2) is 0 Å². The molecule has 1 amide bonds. The van der Waals surface area contributed by atoms with Gasteiger partial charge in [0.2, 0.25) is 0 Å². The van der Waals surface area contributed by atoms with E-state index in [2.05, 4.69) is 15.4 Å². The highest BCUT2D eigenvalue weighted by atomic mass is 16.5. The normalized spacial score (nSPS) is 15.0. The maximum Gasteiger partial charge on any atom is 0.255 e. The molecule has 140 valence electrons. The van der Waals surface area contributed by atoms with E-state index < -0.39 is 0 Å². The van der Waals surface area contributed by atoms with Crippen LogP contribution in [0.25, 0.3) is 0 Å². The quantitative estimate of drug-likeness (QED) is 0.729. The van der Waals surface area contributed by atoms with Gasteiger partial charge in [0.25, 0.3) is 5.91 Å². The van der Waals surface area contributed by atoms with E-state index in [4.69, 9.17) is 4.74 Å². The lowest BCUT2D eigenvalue weighted by Gasteiger charge is -2.21. The van der Waals surface area contributed by atoms with Crippen LogP contribution >= 0.6 is 0 Å². The molecule has 1 N–H and O–H groups in total. The lowest BCUT2D eigenvalue weighted by molar-refractivity contribution is 0.0601. The molecule has 0 aliphatic carbocycles. The molecule has 0 bridgehead atoms. The summed E-state index contributed by atoms with van der Waals surface area (Å²) in [6.45, 7) is 3.25. The highest BCUT2D eigenvalue weighted by Crippen LogP contribution is 2.18. The molecule has 4 rings (SSSR count). The van der Waals surface area contributed by atoms with Gasteiger partial charge >= 0.3 is 0 Å². The molecule has 1 aliphatic rings. The number of imidazole rings is 1. The van der Waals surface area contributed by atoms with Crippen molar-refractivity contribution in [1.82, 2.24) is 19.3 Å². The maximum atomic E-state index is 12.5. The van der Waals surface area contributed by atoms with Crippen molar-refractivity contribution in [2.45, 2.75) is 25.9 Å². The zero-order chi connectivity index (χ0) is 18.5. The van der Waals surface area contributed by atoms with Crippen LogP contribution < -0.4 is 5.32 Å². The Balaban J connectivity index is 1.33. The van der Waals surface area contributed by atoms with E-state index in [1.165, 1.54) is 0 Å². The first-order valence-electron chi connectivity index (χ1n) is 9.22. The van der Waals surface area contributed by atoms with Crippen LogP contribution in [0.3, 0.4) is 0 Å². The predicted octanol–water partition coefficient (Wildman–Crippen LogP) is 2.81. The van der Waals surface area contributed by atoms with Gasteiger partial charge in [-0.15, -0.1) is 0 Å². The Morgan fingerprint density at radius 2 is 2.04 bits per heavy atom. The topological polar surface area (TPSA) is 74.0 Å². The van der Waals surface area contributed by atoms with Crippen LogP contribution in [0.2, 0.25) is 0 Å². The summed E-state index contributed by atoms with van der Waals surface area (Å²) in [6.07, 6.45) is 11.2. The van der Waals surface area contributed by atoms with E-state index in [0.717, 1.165) is 50.4 Å². The molecule has 27 heavy (non-hydrogen) atoms. The summed E-state index contributed by atoms with van der Waals surface area (Å²) < 4.78 is 9.28. The summed E-state index contributed by atoms with van der Waals surface area (Å²) in [5.74, 6) is 0.458. The second kappa shape index (κ2) is 8.18. The first-order chi connectivity index (χ1) is 13.3. The van der Waals surface area contributed by atoms with E-state index in [0.29, 0.717) is 11.5 Å². The second-order valence-electron chi connectivity index (χ2n) is 6.89. The lowest BCUT2D eigenvalue weighted by atomic mass is 10.0. The number of anilines is 1. The van der Waals surface area contributed by atoms with Crippen molar-refractivity contribution in [2.24, 2.45) is 5.92 Å². The monoisotopic (exact) mass is 365 g/mol. The van der Waals surface area contributed by atoms with E-state index in [9.17, 15) is 4.79 Å². The minimum absolute atomic E-state index is 0.130. The molecule has 0 saturated carbocycles. The summed E-state index contributed by atoms with van der Waals surface area (Å²) in [7, 11) is 0. The number of aromatic nitrogens is 4. The van der Waals surface area contributed by atoms with Gasteiger partial charge in [-0.3, -0.25) is 9.48 Å². The Hall–Kier alpha value is -2.93. The number of nitrogens with zero attached hydrogens (tertiary/aromatic N) is 4. The maximum absolute atomic E-state index is 12.5. The smallest absolute Gasteiger partial charge is 0.255 e. The van der Waals surface area contributed by atoms with Crippen LogP contribution in [0.15, 0.2) is 55.4 Å². The number of carbonyl (C=O) groups excluding carboxylic acids is 1. The fraction of sp³-hybridized carbons (Fsp3) is 0.350.